The Balaban J connectivity index is 2.05. The number of nitrogens with zero attached hydrogens (tertiary/aromatic N) is 1. The predicted molar refractivity (Wildman–Crippen MR) is 81.1 cm³/mol. The van der Waals surface area contributed by atoms with E-state index in [2.05, 4.69) is 73.8 Å². The molecule has 2 heteroatoms. The third-order valence-electron chi connectivity index (χ3n) is 3.99. The minimum Gasteiger partial charge on any atom is -0.291 e. The van der Waals surface area contributed by atoms with Crippen LogP contribution < -0.4 is 5.32 Å². The maximum atomic E-state index is 9.34. The van der Waals surface area contributed by atoms with Gasteiger partial charge in [-0.25, -0.2) is 0 Å². The number of nitriles is 1. The van der Waals surface area contributed by atoms with E-state index in [-0.39, 0.29) is 12.1 Å². The van der Waals surface area contributed by atoms with Crippen LogP contribution in [0.3, 0.4) is 0 Å². The second-order valence-electron chi connectivity index (χ2n) is 5.62. The van der Waals surface area contributed by atoms with Gasteiger partial charge >= 0.3 is 0 Å². The van der Waals surface area contributed by atoms with Gasteiger partial charge < -0.3 is 0 Å². The second-order valence-corrected chi connectivity index (χ2v) is 5.62. The maximum absolute atomic E-state index is 9.34. The average molecular weight is 262 g/mol. The quantitative estimate of drug-likeness (QED) is 0.910. The molecule has 2 aromatic carbocycles. The Morgan fingerprint density at radius 1 is 0.950 bits per heavy atom. The van der Waals surface area contributed by atoms with Crippen molar-refractivity contribution in [1.29, 1.82) is 5.26 Å². The Kier molecular flexibility index (Phi) is 3.30. The molecule has 0 amide bonds. The zero-order valence-electron chi connectivity index (χ0n) is 11.8. The van der Waals surface area contributed by atoms with Crippen LogP contribution in [0.15, 0.2) is 48.5 Å². The summed E-state index contributed by atoms with van der Waals surface area (Å²) in [5.41, 5.74) is 5.10. The molecule has 2 nitrogen and oxygen atoms in total. The van der Waals surface area contributed by atoms with Gasteiger partial charge in [0.2, 0.25) is 0 Å². The summed E-state index contributed by atoms with van der Waals surface area (Å²) in [4.78, 5) is 0. The van der Waals surface area contributed by atoms with Crippen LogP contribution in [0.4, 0.5) is 0 Å². The molecule has 1 atom stereocenters. The topological polar surface area (TPSA) is 35.8 Å². The summed E-state index contributed by atoms with van der Waals surface area (Å²) in [7, 11) is 0. The molecule has 1 aliphatic rings. The monoisotopic (exact) mass is 262 g/mol. The summed E-state index contributed by atoms with van der Waals surface area (Å²) in [6.45, 7) is 4.15. The van der Waals surface area contributed by atoms with E-state index in [0.717, 1.165) is 0 Å². The van der Waals surface area contributed by atoms with Crippen LogP contribution in [0.2, 0.25) is 0 Å². The predicted octanol–water partition coefficient (Wildman–Crippen LogP) is 3.89. The molecule has 0 saturated carbocycles. The van der Waals surface area contributed by atoms with Crippen LogP contribution in [0.5, 0.6) is 0 Å². The lowest BCUT2D eigenvalue weighted by Gasteiger charge is -2.22. The van der Waals surface area contributed by atoms with Crippen LogP contribution in [0.1, 0.15) is 31.0 Å². The summed E-state index contributed by atoms with van der Waals surface area (Å²) < 4.78 is 0. The number of benzene rings is 2. The van der Waals surface area contributed by atoms with Crippen molar-refractivity contribution in [2.45, 2.75) is 25.9 Å². The lowest BCUT2D eigenvalue weighted by atomic mass is 10.0. The average Bonchev–Trinajstić information content (AvgIpc) is 2.79. The van der Waals surface area contributed by atoms with Gasteiger partial charge in [-0.15, -0.1) is 0 Å². The lowest BCUT2D eigenvalue weighted by molar-refractivity contribution is 0.444. The Morgan fingerprint density at radius 2 is 1.45 bits per heavy atom. The molecular weight excluding hydrogens is 244 g/mol. The standard InChI is InChI=1S/C18H18N2/c1-12(2)17(11-19)20-18-15-9-5-3-7-13(15)14-8-4-6-10-16(14)18/h3-10,12,17-18,20H,1-2H3/t17-/m0/s1. The van der Waals surface area contributed by atoms with Crippen molar-refractivity contribution in [3.63, 3.8) is 0 Å². The zero-order chi connectivity index (χ0) is 14.1. The molecule has 0 fully saturated rings. The van der Waals surface area contributed by atoms with Crippen molar-refractivity contribution in [3.05, 3.63) is 59.7 Å². The van der Waals surface area contributed by atoms with Crippen LogP contribution in [-0.4, -0.2) is 6.04 Å². The van der Waals surface area contributed by atoms with E-state index in [1.807, 2.05) is 0 Å². The van der Waals surface area contributed by atoms with E-state index in [4.69, 9.17) is 0 Å². The number of fused-ring (bicyclic) bond motifs is 3. The maximum Gasteiger partial charge on any atom is 0.0983 e. The van der Waals surface area contributed by atoms with Gasteiger partial charge in [-0.3, -0.25) is 5.32 Å². The third-order valence-corrected chi connectivity index (χ3v) is 3.99. The summed E-state index contributed by atoms with van der Waals surface area (Å²) in [6, 6.07) is 19.3. The molecule has 100 valence electrons. The van der Waals surface area contributed by atoms with Crippen LogP contribution >= 0.6 is 0 Å². The van der Waals surface area contributed by atoms with Gasteiger partial charge in [0.25, 0.3) is 0 Å². The fourth-order valence-electron chi connectivity index (χ4n) is 2.89. The summed E-state index contributed by atoms with van der Waals surface area (Å²) in [6.07, 6.45) is 0. The zero-order valence-corrected chi connectivity index (χ0v) is 11.8. The van der Waals surface area contributed by atoms with Crippen molar-refractivity contribution in [1.82, 2.24) is 5.32 Å². The van der Waals surface area contributed by atoms with E-state index in [1.165, 1.54) is 22.3 Å². The third kappa shape index (κ3) is 2.01. The van der Waals surface area contributed by atoms with E-state index in [9.17, 15) is 5.26 Å². The molecule has 0 aromatic heterocycles. The van der Waals surface area contributed by atoms with Gasteiger partial charge in [0.05, 0.1) is 18.2 Å². The SMILES string of the molecule is CC(C)[C@H](C#N)NC1c2ccccc2-c2ccccc21. The van der Waals surface area contributed by atoms with Gasteiger partial charge in [-0.05, 0) is 28.2 Å². The number of hydrogen-bond acceptors (Lipinski definition) is 2. The normalized spacial score (nSPS) is 14.7. The highest BCUT2D eigenvalue weighted by Gasteiger charge is 2.30. The largest absolute Gasteiger partial charge is 0.291 e. The second kappa shape index (κ2) is 5.11. The summed E-state index contributed by atoms with van der Waals surface area (Å²) in [5.74, 6) is 0.292. The Bertz CT molecular complexity index is 622. The van der Waals surface area contributed by atoms with E-state index in [1.54, 1.807) is 0 Å². The molecule has 0 spiro atoms. The van der Waals surface area contributed by atoms with Gasteiger partial charge in [0.1, 0.15) is 0 Å². The van der Waals surface area contributed by atoms with Crippen molar-refractivity contribution < 1.29 is 0 Å². The molecule has 0 radical (unpaired) electrons. The first-order valence-corrected chi connectivity index (χ1v) is 7.06. The van der Waals surface area contributed by atoms with E-state index >= 15 is 0 Å². The molecule has 0 aliphatic heterocycles. The van der Waals surface area contributed by atoms with Crippen LogP contribution in [0, 0.1) is 17.2 Å². The van der Waals surface area contributed by atoms with E-state index < -0.39 is 0 Å². The fraction of sp³-hybridized carbons (Fsp3) is 0.278. The van der Waals surface area contributed by atoms with Gasteiger partial charge in [-0.1, -0.05) is 62.4 Å². The molecule has 20 heavy (non-hydrogen) atoms. The molecular formula is C18H18N2. The van der Waals surface area contributed by atoms with Crippen molar-refractivity contribution in [3.8, 4) is 17.2 Å². The first-order valence-electron chi connectivity index (χ1n) is 7.06. The summed E-state index contributed by atoms with van der Waals surface area (Å²) >= 11 is 0. The number of hydrogen-bond donors (Lipinski definition) is 1. The smallest absolute Gasteiger partial charge is 0.0983 e. The highest BCUT2D eigenvalue weighted by Crippen LogP contribution is 2.43. The lowest BCUT2D eigenvalue weighted by Crippen LogP contribution is -2.35. The Labute approximate surface area is 120 Å². The molecule has 0 saturated heterocycles. The number of nitrogens with one attached hydrogen (secondary N) is 1. The van der Waals surface area contributed by atoms with Crippen molar-refractivity contribution in [2.24, 2.45) is 5.92 Å². The highest BCUT2D eigenvalue weighted by molar-refractivity contribution is 5.78. The van der Waals surface area contributed by atoms with E-state index in [0.29, 0.717) is 5.92 Å². The van der Waals surface area contributed by atoms with Gasteiger partial charge in [0.15, 0.2) is 0 Å². The minimum absolute atomic E-state index is 0.120. The first kappa shape index (κ1) is 12.9. The molecule has 3 rings (SSSR count). The summed E-state index contributed by atoms with van der Waals surface area (Å²) in [5, 5.41) is 12.9. The van der Waals surface area contributed by atoms with Crippen molar-refractivity contribution in [2.75, 3.05) is 0 Å². The first-order chi connectivity index (χ1) is 9.72. The number of rotatable bonds is 3. The molecule has 0 bridgehead atoms. The highest BCUT2D eigenvalue weighted by atomic mass is 15.0. The Morgan fingerprint density at radius 3 is 1.90 bits per heavy atom. The van der Waals surface area contributed by atoms with Gasteiger partial charge in [-0.2, -0.15) is 5.26 Å². The minimum atomic E-state index is -0.140. The fourth-order valence-corrected chi connectivity index (χ4v) is 2.89. The molecule has 2 aromatic rings. The van der Waals surface area contributed by atoms with Crippen molar-refractivity contribution >= 4 is 0 Å². The molecule has 1 aliphatic carbocycles. The van der Waals surface area contributed by atoms with Gasteiger partial charge in [0, 0.05) is 0 Å². The Hall–Kier alpha value is -2.11. The molecule has 0 heterocycles. The molecule has 1 N–H and O–H groups in total. The molecule has 0 unspecified atom stereocenters. The van der Waals surface area contributed by atoms with Crippen LogP contribution in [0.25, 0.3) is 11.1 Å². The van der Waals surface area contributed by atoms with Crippen LogP contribution in [-0.2, 0) is 0 Å².